The van der Waals surface area contributed by atoms with E-state index in [4.69, 9.17) is 19.9 Å². The summed E-state index contributed by atoms with van der Waals surface area (Å²) < 4.78 is 54.9. The van der Waals surface area contributed by atoms with E-state index in [-0.39, 0.29) is 43.0 Å². The molecular weight excluding hydrogens is 453 g/mol. The van der Waals surface area contributed by atoms with Gasteiger partial charge in [0.1, 0.15) is 22.1 Å². The molecule has 172 valence electrons. The van der Waals surface area contributed by atoms with Crippen molar-refractivity contribution in [1.29, 1.82) is 0 Å². The molecule has 0 aliphatic carbocycles. The Morgan fingerprint density at radius 2 is 2.19 bits per heavy atom. The summed E-state index contributed by atoms with van der Waals surface area (Å²) in [7, 11) is 1.43. The minimum Gasteiger partial charge on any atom is -0.480 e. The molecule has 1 saturated heterocycles. The zero-order valence-electron chi connectivity index (χ0n) is 17.0. The van der Waals surface area contributed by atoms with Crippen molar-refractivity contribution >= 4 is 29.1 Å². The fourth-order valence-corrected chi connectivity index (χ4v) is 4.57. The van der Waals surface area contributed by atoms with Crippen LogP contribution >= 0.6 is 11.3 Å². The number of halogens is 3. The lowest BCUT2D eigenvalue weighted by Crippen LogP contribution is -2.54. The molecule has 0 bridgehead atoms. The van der Waals surface area contributed by atoms with Crippen LogP contribution in [0.2, 0.25) is 0 Å². The van der Waals surface area contributed by atoms with Gasteiger partial charge in [-0.05, 0) is 13.3 Å². The first-order valence-electron chi connectivity index (χ1n) is 9.44. The second kappa shape index (κ2) is 8.16. The lowest BCUT2D eigenvalue weighted by Gasteiger charge is -2.44. The van der Waals surface area contributed by atoms with Gasteiger partial charge < -0.3 is 25.3 Å². The zero-order chi connectivity index (χ0) is 23.1. The predicted molar refractivity (Wildman–Crippen MR) is 107 cm³/mol. The summed E-state index contributed by atoms with van der Waals surface area (Å²) in [6.07, 6.45) is -5.46. The number of aliphatic imine (C=N–C) groups is 1. The second-order valence-electron chi connectivity index (χ2n) is 7.30. The highest BCUT2D eigenvalue weighted by Crippen LogP contribution is 2.47. The number of thiazole rings is 1. The van der Waals surface area contributed by atoms with Crippen LogP contribution in [0.3, 0.4) is 0 Å². The standard InChI is InChI=1S/C18H19F3N6O4S/c1-8-13(23-4-12(24-8)29-2)14(28)25-11-6-32-15(26-11)17-7-31-10(18(19,20)21)3-9(17)5-30-16(22)27-17/h4,6,9-10H,3,5,7H2,1-2H3,(H2,22,27)(H,25,28)/t9?,10-,17+/m1/s1. The van der Waals surface area contributed by atoms with E-state index in [0.717, 1.165) is 11.3 Å². The molecule has 32 heavy (non-hydrogen) atoms. The number of nitrogens with zero attached hydrogens (tertiary/aromatic N) is 4. The minimum atomic E-state index is -4.50. The maximum Gasteiger partial charge on any atom is 0.414 e. The predicted octanol–water partition coefficient (Wildman–Crippen LogP) is 2.01. The Morgan fingerprint density at radius 3 is 2.88 bits per heavy atom. The van der Waals surface area contributed by atoms with E-state index in [0.29, 0.717) is 10.7 Å². The minimum absolute atomic E-state index is 0.0484. The van der Waals surface area contributed by atoms with Crippen molar-refractivity contribution in [1.82, 2.24) is 15.0 Å². The molecule has 2 aliphatic rings. The number of fused-ring (bicyclic) bond motifs is 1. The maximum atomic E-state index is 13.2. The lowest BCUT2D eigenvalue weighted by molar-refractivity contribution is -0.249. The van der Waals surface area contributed by atoms with Crippen molar-refractivity contribution in [2.45, 2.75) is 31.2 Å². The molecule has 14 heteroatoms. The van der Waals surface area contributed by atoms with Crippen LogP contribution in [0.5, 0.6) is 5.88 Å². The quantitative estimate of drug-likeness (QED) is 0.690. The average Bonchev–Trinajstić information content (AvgIpc) is 3.21. The molecule has 4 rings (SSSR count). The third-order valence-corrected chi connectivity index (χ3v) is 6.26. The number of rotatable bonds is 4. The van der Waals surface area contributed by atoms with E-state index in [1.165, 1.54) is 13.3 Å². The van der Waals surface area contributed by atoms with Crippen LogP contribution in [0, 0.1) is 12.8 Å². The van der Waals surface area contributed by atoms with Crippen molar-refractivity contribution in [3.8, 4) is 5.88 Å². The summed E-state index contributed by atoms with van der Waals surface area (Å²) in [6.45, 7) is 1.19. The summed E-state index contributed by atoms with van der Waals surface area (Å²) in [5.74, 6) is -0.738. The number of ether oxygens (including phenoxy) is 3. The molecule has 0 spiro atoms. The number of carbonyl (C=O) groups is 1. The van der Waals surface area contributed by atoms with Gasteiger partial charge in [-0.15, -0.1) is 11.3 Å². The average molecular weight is 472 g/mol. The zero-order valence-corrected chi connectivity index (χ0v) is 17.8. The Kier molecular flexibility index (Phi) is 5.67. The Morgan fingerprint density at radius 1 is 1.41 bits per heavy atom. The summed E-state index contributed by atoms with van der Waals surface area (Å²) in [6, 6.07) is -0.153. The molecule has 10 nitrogen and oxygen atoms in total. The normalized spacial score (nSPS) is 25.3. The SMILES string of the molecule is COc1cnc(C(=O)Nc2csc([C@]34CO[C@@H](C(F)(F)F)CC3COC(N)=N4)n2)c(C)n1. The first kappa shape index (κ1) is 22.2. The number of amides is 1. The van der Waals surface area contributed by atoms with E-state index in [9.17, 15) is 18.0 Å². The van der Waals surface area contributed by atoms with Crippen molar-refractivity contribution < 1.29 is 32.2 Å². The third-order valence-electron chi connectivity index (χ3n) is 5.25. The molecule has 4 heterocycles. The van der Waals surface area contributed by atoms with Gasteiger partial charge in [0, 0.05) is 11.3 Å². The number of aryl methyl sites for hydroxylation is 1. The van der Waals surface area contributed by atoms with Crippen molar-refractivity contribution in [3.05, 3.63) is 28.0 Å². The highest BCUT2D eigenvalue weighted by Gasteiger charge is 2.56. The van der Waals surface area contributed by atoms with Gasteiger partial charge in [0.2, 0.25) is 5.88 Å². The van der Waals surface area contributed by atoms with Crippen LogP contribution in [-0.2, 0) is 15.0 Å². The van der Waals surface area contributed by atoms with Crippen molar-refractivity contribution in [2.24, 2.45) is 16.6 Å². The second-order valence-corrected chi connectivity index (χ2v) is 8.16. The van der Waals surface area contributed by atoms with Gasteiger partial charge in [0.05, 0.1) is 32.2 Å². The van der Waals surface area contributed by atoms with Gasteiger partial charge in [-0.2, -0.15) is 13.2 Å². The topological polar surface area (TPSA) is 134 Å². The van der Waals surface area contributed by atoms with Crippen LogP contribution in [0.15, 0.2) is 16.6 Å². The molecule has 1 amide bonds. The number of aromatic nitrogens is 3. The maximum absolute atomic E-state index is 13.2. The highest BCUT2D eigenvalue weighted by molar-refractivity contribution is 7.10. The monoisotopic (exact) mass is 472 g/mol. The highest BCUT2D eigenvalue weighted by atomic mass is 32.1. The van der Waals surface area contributed by atoms with Crippen molar-refractivity contribution in [3.63, 3.8) is 0 Å². The van der Waals surface area contributed by atoms with E-state index in [1.807, 2.05) is 0 Å². The van der Waals surface area contributed by atoms with Crippen LogP contribution in [0.1, 0.15) is 27.6 Å². The molecule has 0 saturated carbocycles. The Bertz CT molecular complexity index is 1060. The van der Waals surface area contributed by atoms with Gasteiger partial charge >= 0.3 is 6.18 Å². The van der Waals surface area contributed by atoms with Crippen molar-refractivity contribution in [2.75, 3.05) is 25.6 Å². The van der Waals surface area contributed by atoms with Crippen LogP contribution in [0.25, 0.3) is 0 Å². The first-order chi connectivity index (χ1) is 15.1. The Labute approximate surface area is 184 Å². The first-order valence-corrected chi connectivity index (χ1v) is 10.3. The molecule has 2 aromatic rings. The number of nitrogens with one attached hydrogen (secondary N) is 1. The fourth-order valence-electron chi connectivity index (χ4n) is 3.61. The van der Waals surface area contributed by atoms with Crippen LogP contribution < -0.4 is 15.8 Å². The third kappa shape index (κ3) is 4.07. The number of hydrogen-bond donors (Lipinski definition) is 2. The number of alkyl halides is 3. The smallest absolute Gasteiger partial charge is 0.414 e. The lowest BCUT2D eigenvalue weighted by atomic mass is 9.79. The number of hydrogen-bond acceptors (Lipinski definition) is 10. The number of nitrogens with two attached hydrogens (primary N) is 1. The summed E-state index contributed by atoms with van der Waals surface area (Å²) in [5, 5.41) is 4.54. The van der Waals surface area contributed by atoms with Gasteiger partial charge in [0.25, 0.3) is 11.9 Å². The number of methoxy groups -OCH3 is 1. The molecule has 0 radical (unpaired) electrons. The van der Waals surface area contributed by atoms with E-state index in [1.54, 1.807) is 12.3 Å². The Hall–Kier alpha value is -3.00. The largest absolute Gasteiger partial charge is 0.480 e. The Balaban J connectivity index is 1.57. The van der Waals surface area contributed by atoms with Gasteiger partial charge in [-0.3, -0.25) is 4.79 Å². The van der Waals surface area contributed by atoms with E-state index >= 15 is 0 Å². The summed E-state index contributed by atoms with van der Waals surface area (Å²) in [4.78, 5) is 29.4. The fraction of sp³-hybridized carbons (Fsp3) is 0.500. The van der Waals surface area contributed by atoms with Gasteiger partial charge in [0.15, 0.2) is 6.10 Å². The molecule has 1 unspecified atom stereocenters. The molecule has 3 atom stereocenters. The summed E-state index contributed by atoms with van der Waals surface area (Å²) in [5.41, 5.74) is 4.93. The van der Waals surface area contributed by atoms with E-state index < -0.39 is 29.6 Å². The molecule has 2 aliphatic heterocycles. The van der Waals surface area contributed by atoms with E-state index in [2.05, 4.69) is 25.3 Å². The van der Waals surface area contributed by atoms with Crippen LogP contribution in [-0.4, -0.2) is 59.5 Å². The molecule has 1 fully saturated rings. The molecule has 2 aromatic heterocycles. The molecule has 0 aromatic carbocycles. The van der Waals surface area contributed by atoms with Gasteiger partial charge in [-0.25, -0.2) is 19.9 Å². The number of anilines is 1. The molecule has 3 N–H and O–H groups in total. The summed E-state index contributed by atoms with van der Waals surface area (Å²) >= 11 is 1.13. The number of amidine groups is 1. The van der Waals surface area contributed by atoms with Gasteiger partial charge in [-0.1, -0.05) is 0 Å². The molecular formula is C18H19F3N6O4S. The number of carbonyl (C=O) groups excluding carboxylic acids is 1. The van der Waals surface area contributed by atoms with Crippen LogP contribution in [0.4, 0.5) is 19.0 Å².